The van der Waals surface area contributed by atoms with E-state index in [-0.39, 0.29) is 0 Å². The molecule has 7 rings (SSSR count). The molecule has 0 aliphatic rings. The van der Waals surface area contributed by atoms with Crippen LogP contribution in [0.15, 0.2) is 170 Å². The molecule has 0 aliphatic heterocycles. The summed E-state index contributed by atoms with van der Waals surface area (Å²) in [5.41, 5.74) is 15.7. The van der Waals surface area contributed by atoms with Crippen molar-refractivity contribution in [2.75, 3.05) is 9.80 Å². The van der Waals surface area contributed by atoms with E-state index in [0.29, 0.717) is 11.1 Å². The fourth-order valence-corrected chi connectivity index (χ4v) is 6.63. The number of hydrogen-bond donors (Lipinski definition) is 0. The highest BCUT2D eigenvalue weighted by Gasteiger charge is 2.14. The first-order valence-electron chi connectivity index (χ1n) is 18.7. The standard InChI is InChI=1S/C52H42N4/c1-37-5-21-47(22-6-37)55(48-23-7-38(2)8-24-48)51-29-13-41(14-30-51)33-45(35-53)43-17-19-44(20-18-43)46(36-54)34-42-15-31-52(32-16-42)56(49-25-9-39(3)10-26-49)50-27-11-40(4)12-28-50/h5-34H,1-4H3/b45-33+,46-34+. The van der Waals surface area contributed by atoms with Gasteiger partial charge in [0.1, 0.15) is 0 Å². The Morgan fingerprint density at radius 3 is 0.768 bits per heavy atom. The summed E-state index contributed by atoms with van der Waals surface area (Å²) in [6, 6.07) is 63.0. The SMILES string of the molecule is Cc1ccc(N(c2ccc(C)cc2)c2ccc(/C=C(\C#N)c3ccc(/C(C#N)=C/c4ccc(N(c5ccc(C)cc5)c5ccc(C)cc5)cc4)cc3)cc2)cc1. The van der Waals surface area contributed by atoms with Crippen LogP contribution in [0.4, 0.5) is 34.1 Å². The summed E-state index contributed by atoms with van der Waals surface area (Å²) < 4.78 is 0. The molecule has 0 saturated carbocycles. The third kappa shape index (κ3) is 8.53. The lowest BCUT2D eigenvalue weighted by molar-refractivity contribution is 1.27. The monoisotopic (exact) mass is 722 g/mol. The average molecular weight is 723 g/mol. The van der Waals surface area contributed by atoms with Crippen LogP contribution in [-0.4, -0.2) is 0 Å². The lowest BCUT2D eigenvalue weighted by atomic mass is 9.98. The zero-order chi connectivity index (χ0) is 39.0. The maximum atomic E-state index is 10.2. The molecule has 270 valence electrons. The number of nitriles is 2. The normalized spacial score (nSPS) is 11.4. The maximum absolute atomic E-state index is 10.2. The summed E-state index contributed by atoms with van der Waals surface area (Å²) in [6.45, 7) is 8.37. The van der Waals surface area contributed by atoms with Crippen LogP contribution in [0.5, 0.6) is 0 Å². The van der Waals surface area contributed by atoms with E-state index >= 15 is 0 Å². The highest BCUT2D eigenvalue weighted by Crippen LogP contribution is 2.37. The van der Waals surface area contributed by atoms with E-state index in [9.17, 15) is 10.5 Å². The van der Waals surface area contributed by atoms with Gasteiger partial charge in [0.25, 0.3) is 0 Å². The largest absolute Gasteiger partial charge is 0.311 e. The zero-order valence-electron chi connectivity index (χ0n) is 32.1. The molecule has 0 N–H and O–H groups in total. The molecule has 56 heavy (non-hydrogen) atoms. The van der Waals surface area contributed by atoms with Crippen LogP contribution in [0.25, 0.3) is 23.3 Å². The molecule has 0 aliphatic carbocycles. The predicted molar refractivity (Wildman–Crippen MR) is 235 cm³/mol. The minimum Gasteiger partial charge on any atom is -0.311 e. The van der Waals surface area contributed by atoms with Gasteiger partial charge in [-0.15, -0.1) is 0 Å². The van der Waals surface area contributed by atoms with Crippen LogP contribution in [-0.2, 0) is 0 Å². The third-order valence-corrected chi connectivity index (χ3v) is 9.84. The van der Waals surface area contributed by atoms with Gasteiger partial charge in [0.05, 0.1) is 23.3 Å². The van der Waals surface area contributed by atoms with Gasteiger partial charge in [0.2, 0.25) is 0 Å². The lowest BCUT2D eigenvalue weighted by Crippen LogP contribution is -2.09. The zero-order valence-corrected chi connectivity index (χ0v) is 32.1. The topological polar surface area (TPSA) is 54.1 Å². The lowest BCUT2D eigenvalue weighted by Gasteiger charge is -2.26. The minimum atomic E-state index is 0.544. The van der Waals surface area contributed by atoms with E-state index in [1.54, 1.807) is 0 Å². The number of aryl methyl sites for hydroxylation is 4. The molecule has 7 aromatic rings. The first-order chi connectivity index (χ1) is 27.3. The van der Waals surface area contributed by atoms with Crippen LogP contribution < -0.4 is 9.80 Å². The van der Waals surface area contributed by atoms with Crippen molar-refractivity contribution in [3.8, 4) is 12.1 Å². The molecule has 0 bridgehead atoms. The van der Waals surface area contributed by atoms with E-state index in [1.807, 2.05) is 60.7 Å². The summed E-state index contributed by atoms with van der Waals surface area (Å²) in [5, 5.41) is 20.4. The van der Waals surface area contributed by atoms with Crippen molar-refractivity contribution in [3.05, 3.63) is 214 Å². The molecule has 0 atom stereocenters. The van der Waals surface area contributed by atoms with E-state index in [4.69, 9.17) is 0 Å². The molecule has 0 saturated heterocycles. The summed E-state index contributed by atoms with van der Waals surface area (Å²) in [4.78, 5) is 4.47. The fourth-order valence-electron chi connectivity index (χ4n) is 6.63. The Labute approximate surface area is 330 Å². The molecule has 0 fully saturated rings. The molecule has 4 nitrogen and oxygen atoms in total. The van der Waals surface area contributed by atoms with Crippen LogP contribution in [0.2, 0.25) is 0 Å². The van der Waals surface area contributed by atoms with Crippen molar-refractivity contribution in [1.82, 2.24) is 0 Å². The van der Waals surface area contributed by atoms with Crippen molar-refractivity contribution < 1.29 is 0 Å². The van der Waals surface area contributed by atoms with E-state index < -0.39 is 0 Å². The number of hydrogen-bond acceptors (Lipinski definition) is 4. The summed E-state index contributed by atoms with van der Waals surface area (Å²) in [7, 11) is 0. The predicted octanol–water partition coefficient (Wildman–Crippen LogP) is 14.0. The van der Waals surface area contributed by atoms with Gasteiger partial charge >= 0.3 is 0 Å². The van der Waals surface area contributed by atoms with Gasteiger partial charge in [-0.05, 0) is 135 Å². The second kappa shape index (κ2) is 16.7. The Kier molecular flexibility index (Phi) is 11.0. The van der Waals surface area contributed by atoms with Crippen molar-refractivity contribution >= 4 is 57.4 Å². The Bertz CT molecular complexity index is 2290. The number of rotatable bonds is 10. The smallest absolute Gasteiger partial charge is 0.0998 e. The van der Waals surface area contributed by atoms with Crippen LogP contribution in [0.3, 0.4) is 0 Å². The van der Waals surface area contributed by atoms with Crippen LogP contribution in [0.1, 0.15) is 44.5 Å². The molecule has 7 aromatic carbocycles. The van der Waals surface area contributed by atoms with Gasteiger partial charge in [0.15, 0.2) is 0 Å². The second-order valence-electron chi connectivity index (χ2n) is 14.1. The van der Waals surface area contributed by atoms with E-state index in [0.717, 1.165) is 56.4 Å². The number of allylic oxidation sites excluding steroid dienone is 2. The highest BCUT2D eigenvalue weighted by atomic mass is 15.1. The Morgan fingerprint density at radius 2 is 0.554 bits per heavy atom. The minimum absolute atomic E-state index is 0.544. The fraction of sp³-hybridized carbons (Fsp3) is 0.0769. The molecular formula is C52H42N4. The number of nitrogens with zero attached hydrogens (tertiary/aromatic N) is 4. The Hall–Kier alpha value is -7.40. The van der Waals surface area contributed by atoms with Gasteiger partial charge in [-0.3, -0.25) is 0 Å². The van der Waals surface area contributed by atoms with Crippen molar-refractivity contribution in [1.29, 1.82) is 10.5 Å². The second-order valence-corrected chi connectivity index (χ2v) is 14.1. The quantitative estimate of drug-likeness (QED) is 0.104. The first-order valence-corrected chi connectivity index (χ1v) is 18.7. The Morgan fingerprint density at radius 1 is 0.339 bits per heavy atom. The molecule has 0 amide bonds. The molecule has 0 radical (unpaired) electrons. The van der Waals surface area contributed by atoms with Gasteiger partial charge in [-0.25, -0.2) is 0 Å². The third-order valence-electron chi connectivity index (χ3n) is 9.84. The molecule has 0 unspecified atom stereocenters. The van der Waals surface area contributed by atoms with Crippen molar-refractivity contribution in [3.63, 3.8) is 0 Å². The van der Waals surface area contributed by atoms with E-state index in [2.05, 4.69) is 171 Å². The summed E-state index contributed by atoms with van der Waals surface area (Å²) in [6.07, 6.45) is 3.81. The van der Waals surface area contributed by atoms with Gasteiger partial charge in [-0.2, -0.15) is 10.5 Å². The van der Waals surface area contributed by atoms with Crippen molar-refractivity contribution in [2.24, 2.45) is 0 Å². The van der Waals surface area contributed by atoms with Gasteiger partial charge in [-0.1, -0.05) is 119 Å². The van der Waals surface area contributed by atoms with Crippen molar-refractivity contribution in [2.45, 2.75) is 27.7 Å². The molecule has 0 spiro atoms. The molecule has 0 aromatic heterocycles. The van der Waals surface area contributed by atoms with Crippen LogP contribution in [0, 0.1) is 50.4 Å². The Balaban J connectivity index is 1.10. The molecule has 4 heteroatoms. The average Bonchev–Trinajstić information content (AvgIpc) is 3.23. The summed E-state index contributed by atoms with van der Waals surface area (Å²) in [5.74, 6) is 0. The van der Waals surface area contributed by atoms with E-state index in [1.165, 1.54) is 22.3 Å². The maximum Gasteiger partial charge on any atom is 0.0998 e. The number of benzene rings is 7. The van der Waals surface area contributed by atoms with Gasteiger partial charge in [0, 0.05) is 34.1 Å². The molecular weight excluding hydrogens is 681 g/mol. The summed E-state index contributed by atoms with van der Waals surface area (Å²) >= 11 is 0. The first kappa shape index (κ1) is 36.9. The van der Waals surface area contributed by atoms with Crippen LogP contribution >= 0.6 is 0 Å². The number of anilines is 6. The van der Waals surface area contributed by atoms with Gasteiger partial charge < -0.3 is 9.80 Å². The highest BCUT2D eigenvalue weighted by molar-refractivity contribution is 5.93. The molecule has 0 heterocycles.